The third kappa shape index (κ3) is 5.10. The maximum Gasteiger partial charge on any atom is 0.191 e. The zero-order valence-corrected chi connectivity index (χ0v) is 15.1. The lowest BCUT2D eigenvalue weighted by Crippen LogP contribution is -2.39. The Balaban J connectivity index is 1.49. The minimum atomic E-state index is 0.105. The maximum absolute atomic E-state index is 5.94. The number of pyridine rings is 1. The Morgan fingerprint density at radius 2 is 2.16 bits per heavy atom. The Kier molecular flexibility index (Phi) is 6.12. The highest BCUT2D eigenvalue weighted by Gasteiger charge is 2.21. The van der Waals surface area contributed by atoms with E-state index < -0.39 is 0 Å². The minimum absolute atomic E-state index is 0.105. The fraction of sp³-hybridized carbons (Fsp3) is 0.368. The molecule has 1 unspecified atom stereocenters. The number of ether oxygens (including phenoxy) is 1. The number of aliphatic imine (C=N–C) groups is 1. The predicted molar refractivity (Wildman–Crippen MR) is 101 cm³/mol. The third-order valence-electron chi connectivity index (χ3n) is 4.01. The molecule has 1 aliphatic heterocycles. The van der Waals surface area contributed by atoms with E-state index in [0.29, 0.717) is 11.7 Å². The van der Waals surface area contributed by atoms with Crippen molar-refractivity contribution in [2.45, 2.75) is 25.9 Å². The number of halogens is 1. The van der Waals surface area contributed by atoms with E-state index in [1.54, 1.807) is 6.20 Å². The molecule has 5 nitrogen and oxygen atoms in total. The molecule has 0 radical (unpaired) electrons. The highest BCUT2D eigenvalue weighted by molar-refractivity contribution is 6.29. The lowest BCUT2D eigenvalue weighted by molar-refractivity contribution is 0.241. The van der Waals surface area contributed by atoms with Gasteiger partial charge < -0.3 is 15.4 Å². The zero-order valence-electron chi connectivity index (χ0n) is 14.3. The molecule has 0 bridgehead atoms. The highest BCUT2D eigenvalue weighted by Crippen LogP contribution is 2.28. The summed E-state index contributed by atoms with van der Waals surface area (Å²) in [5.41, 5.74) is 2.40. The molecule has 0 amide bonds. The molecule has 3 rings (SSSR count). The van der Waals surface area contributed by atoms with Crippen molar-refractivity contribution in [2.24, 2.45) is 4.99 Å². The third-order valence-corrected chi connectivity index (χ3v) is 4.23. The molecule has 2 aromatic rings. The van der Waals surface area contributed by atoms with Gasteiger partial charge >= 0.3 is 0 Å². The van der Waals surface area contributed by atoms with Crippen LogP contribution in [0, 0.1) is 0 Å². The fourth-order valence-corrected chi connectivity index (χ4v) is 2.88. The van der Waals surface area contributed by atoms with Gasteiger partial charge in [0.15, 0.2) is 5.96 Å². The van der Waals surface area contributed by atoms with Crippen LogP contribution in [0.5, 0.6) is 5.75 Å². The summed E-state index contributed by atoms with van der Waals surface area (Å²) in [6.07, 6.45) is 3.68. The summed E-state index contributed by atoms with van der Waals surface area (Å²) in [6.45, 7) is 4.29. The lowest BCUT2D eigenvalue weighted by atomic mass is 10.1. The smallest absolute Gasteiger partial charge is 0.191 e. The molecule has 1 aromatic carbocycles. The fourth-order valence-electron chi connectivity index (χ4n) is 2.77. The number of hydrogen-bond donors (Lipinski definition) is 2. The van der Waals surface area contributed by atoms with Gasteiger partial charge in [0.05, 0.1) is 6.54 Å². The van der Waals surface area contributed by atoms with Gasteiger partial charge in [0.25, 0.3) is 0 Å². The van der Waals surface area contributed by atoms with Gasteiger partial charge in [-0.3, -0.25) is 0 Å². The summed E-state index contributed by atoms with van der Waals surface area (Å²) < 4.78 is 5.94. The van der Waals surface area contributed by atoms with Crippen molar-refractivity contribution in [2.75, 3.05) is 19.6 Å². The highest BCUT2D eigenvalue weighted by atomic mass is 35.5. The molecule has 0 saturated heterocycles. The van der Waals surface area contributed by atoms with Crippen molar-refractivity contribution < 1.29 is 4.74 Å². The van der Waals surface area contributed by atoms with E-state index in [-0.39, 0.29) is 6.10 Å². The van der Waals surface area contributed by atoms with E-state index in [1.807, 2.05) is 30.3 Å². The van der Waals surface area contributed by atoms with Gasteiger partial charge in [-0.1, -0.05) is 35.9 Å². The first-order chi connectivity index (χ1) is 12.2. The van der Waals surface area contributed by atoms with Gasteiger partial charge in [-0.2, -0.15) is 0 Å². The van der Waals surface area contributed by atoms with Crippen LogP contribution in [0.15, 0.2) is 47.6 Å². The normalized spacial score (nSPS) is 16.2. The number of fused-ring (bicyclic) bond motifs is 1. The first kappa shape index (κ1) is 17.5. The minimum Gasteiger partial charge on any atom is -0.488 e. The Morgan fingerprint density at radius 1 is 1.28 bits per heavy atom. The van der Waals surface area contributed by atoms with Crippen LogP contribution >= 0.6 is 11.6 Å². The number of nitrogens with zero attached hydrogens (tertiary/aromatic N) is 2. The van der Waals surface area contributed by atoms with Gasteiger partial charge in [-0.15, -0.1) is 0 Å². The van der Waals surface area contributed by atoms with Crippen LogP contribution in [-0.4, -0.2) is 36.7 Å². The predicted octanol–water partition coefficient (Wildman–Crippen LogP) is 2.84. The molecular weight excluding hydrogens is 336 g/mol. The van der Waals surface area contributed by atoms with E-state index in [2.05, 4.69) is 33.6 Å². The lowest BCUT2D eigenvalue weighted by Gasteiger charge is -2.13. The van der Waals surface area contributed by atoms with Gasteiger partial charge in [-0.05, 0) is 36.6 Å². The average Bonchev–Trinajstić information content (AvgIpc) is 3.04. The molecule has 1 aliphatic rings. The van der Waals surface area contributed by atoms with Gasteiger partial charge in [-0.25, -0.2) is 9.98 Å². The number of benzene rings is 1. The van der Waals surface area contributed by atoms with E-state index in [0.717, 1.165) is 43.2 Å². The first-order valence-corrected chi connectivity index (χ1v) is 8.99. The van der Waals surface area contributed by atoms with Crippen molar-refractivity contribution in [1.29, 1.82) is 0 Å². The summed E-state index contributed by atoms with van der Waals surface area (Å²) in [7, 11) is 0. The summed E-state index contributed by atoms with van der Waals surface area (Å²) in [6, 6.07) is 12.0. The summed E-state index contributed by atoms with van der Waals surface area (Å²) in [4.78, 5) is 8.75. The van der Waals surface area contributed by atoms with Crippen LogP contribution in [-0.2, 0) is 12.8 Å². The van der Waals surface area contributed by atoms with Crippen molar-refractivity contribution in [3.8, 4) is 5.75 Å². The quantitative estimate of drug-likeness (QED) is 0.473. The molecule has 2 heterocycles. The first-order valence-electron chi connectivity index (χ1n) is 8.61. The molecule has 1 atom stereocenters. The SMILES string of the molecule is CCNC(=NCC1Cc2ccccc2O1)NCCc1ccc(Cl)nc1. The molecule has 0 fully saturated rings. The second kappa shape index (κ2) is 8.72. The standard InChI is InChI=1S/C19H23ClN4O/c1-2-21-19(22-10-9-14-7-8-18(20)23-12-14)24-13-16-11-15-5-3-4-6-17(15)25-16/h3-8,12,16H,2,9-11,13H2,1H3,(H2,21,22,24). The Bertz CT molecular complexity index is 693. The number of aromatic nitrogens is 1. The molecule has 25 heavy (non-hydrogen) atoms. The summed E-state index contributed by atoms with van der Waals surface area (Å²) in [5.74, 6) is 1.79. The zero-order chi connectivity index (χ0) is 17.5. The summed E-state index contributed by atoms with van der Waals surface area (Å²) >= 11 is 5.81. The molecule has 6 heteroatoms. The van der Waals surface area contributed by atoms with Crippen LogP contribution in [0.1, 0.15) is 18.1 Å². The van der Waals surface area contributed by atoms with Crippen molar-refractivity contribution in [3.05, 3.63) is 58.9 Å². The number of para-hydroxylation sites is 1. The van der Waals surface area contributed by atoms with E-state index >= 15 is 0 Å². The van der Waals surface area contributed by atoms with Gasteiger partial charge in [0.1, 0.15) is 17.0 Å². The van der Waals surface area contributed by atoms with Crippen LogP contribution in [0.3, 0.4) is 0 Å². The molecule has 0 spiro atoms. The van der Waals surface area contributed by atoms with E-state index in [9.17, 15) is 0 Å². The molecule has 0 aliphatic carbocycles. The van der Waals surface area contributed by atoms with Crippen LogP contribution in [0.4, 0.5) is 0 Å². The topological polar surface area (TPSA) is 58.5 Å². The van der Waals surface area contributed by atoms with Crippen LogP contribution in [0.2, 0.25) is 5.15 Å². The Labute approximate surface area is 153 Å². The monoisotopic (exact) mass is 358 g/mol. The number of hydrogen-bond acceptors (Lipinski definition) is 3. The van der Waals surface area contributed by atoms with Gasteiger partial charge in [0.2, 0.25) is 0 Å². The Morgan fingerprint density at radius 3 is 2.92 bits per heavy atom. The molecule has 132 valence electrons. The van der Waals surface area contributed by atoms with Crippen molar-refractivity contribution >= 4 is 17.6 Å². The van der Waals surface area contributed by atoms with E-state index in [1.165, 1.54) is 5.56 Å². The van der Waals surface area contributed by atoms with E-state index in [4.69, 9.17) is 16.3 Å². The second-order valence-electron chi connectivity index (χ2n) is 5.94. The second-order valence-corrected chi connectivity index (χ2v) is 6.32. The molecular formula is C19H23ClN4O. The molecule has 1 aromatic heterocycles. The van der Waals surface area contributed by atoms with Crippen LogP contribution in [0.25, 0.3) is 0 Å². The number of rotatable bonds is 6. The molecule has 0 saturated carbocycles. The number of guanidine groups is 1. The van der Waals surface area contributed by atoms with Crippen LogP contribution < -0.4 is 15.4 Å². The number of nitrogens with one attached hydrogen (secondary N) is 2. The van der Waals surface area contributed by atoms with Crippen molar-refractivity contribution in [1.82, 2.24) is 15.6 Å². The van der Waals surface area contributed by atoms with Crippen molar-refractivity contribution in [3.63, 3.8) is 0 Å². The summed E-state index contributed by atoms with van der Waals surface area (Å²) in [5, 5.41) is 7.14. The van der Waals surface area contributed by atoms with Gasteiger partial charge in [0, 0.05) is 25.7 Å². The maximum atomic E-state index is 5.94. The average molecular weight is 359 g/mol. The Hall–Kier alpha value is -2.27. The molecule has 2 N–H and O–H groups in total. The largest absolute Gasteiger partial charge is 0.488 e.